The zero-order chi connectivity index (χ0) is 18.5. The van der Waals surface area contributed by atoms with Crippen LogP contribution in [0.15, 0.2) is 22.9 Å². The fourth-order valence-electron chi connectivity index (χ4n) is 4.93. The molecule has 142 valence electrons. The molecule has 2 aromatic rings. The van der Waals surface area contributed by atoms with Crippen LogP contribution < -0.4 is 10.2 Å². The molecule has 2 bridgehead atoms. The summed E-state index contributed by atoms with van der Waals surface area (Å²) in [5.41, 5.74) is 1.71. The summed E-state index contributed by atoms with van der Waals surface area (Å²) in [5, 5.41) is 3.99. The van der Waals surface area contributed by atoms with Crippen LogP contribution in [0.4, 0.5) is 5.69 Å². The second-order valence-corrected chi connectivity index (χ2v) is 7.95. The maximum absolute atomic E-state index is 12.9. The van der Waals surface area contributed by atoms with E-state index < -0.39 is 0 Å². The molecule has 2 unspecified atom stereocenters. The van der Waals surface area contributed by atoms with Crippen molar-refractivity contribution in [3.63, 3.8) is 0 Å². The van der Waals surface area contributed by atoms with Crippen molar-refractivity contribution in [3.8, 4) is 0 Å². The summed E-state index contributed by atoms with van der Waals surface area (Å²) in [5.74, 6) is 0.494. The van der Waals surface area contributed by atoms with E-state index in [4.69, 9.17) is 4.42 Å². The van der Waals surface area contributed by atoms with Crippen LogP contribution in [0.3, 0.4) is 0 Å². The lowest BCUT2D eigenvalue weighted by Crippen LogP contribution is -2.62. The third-order valence-corrected chi connectivity index (χ3v) is 6.51. The van der Waals surface area contributed by atoms with Crippen molar-refractivity contribution < 1.29 is 14.0 Å². The van der Waals surface area contributed by atoms with E-state index in [0.717, 1.165) is 43.4 Å². The van der Waals surface area contributed by atoms with Gasteiger partial charge in [0.05, 0.1) is 11.9 Å². The van der Waals surface area contributed by atoms with E-state index >= 15 is 0 Å². The highest BCUT2D eigenvalue weighted by molar-refractivity contribution is 6.05. The van der Waals surface area contributed by atoms with Gasteiger partial charge in [-0.15, -0.1) is 0 Å². The molecule has 4 aliphatic rings. The second kappa shape index (κ2) is 6.34. The van der Waals surface area contributed by atoms with Crippen LogP contribution in [-0.4, -0.2) is 53.4 Å². The molecule has 2 amide bonds. The van der Waals surface area contributed by atoms with Gasteiger partial charge in [0.15, 0.2) is 5.58 Å². The maximum atomic E-state index is 12.9. The minimum atomic E-state index is -0.151. The van der Waals surface area contributed by atoms with Gasteiger partial charge in [0, 0.05) is 30.4 Å². The zero-order valence-electron chi connectivity index (χ0n) is 15.5. The number of amides is 2. The van der Waals surface area contributed by atoms with E-state index in [1.165, 1.54) is 0 Å². The average molecular weight is 368 g/mol. The van der Waals surface area contributed by atoms with Crippen molar-refractivity contribution in [2.24, 2.45) is 5.92 Å². The Bertz CT molecular complexity index is 898. The predicted molar refractivity (Wildman–Crippen MR) is 101 cm³/mol. The molecule has 0 aliphatic carbocycles. The van der Waals surface area contributed by atoms with Crippen LogP contribution >= 0.6 is 0 Å². The topological polar surface area (TPSA) is 78.7 Å². The van der Waals surface area contributed by atoms with E-state index in [9.17, 15) is 9.59 Å². The summed E-state index contributed by atoms with van der Waals surface area (Å²) in [6, 6.07) is 2.28. The van der Waals surface area contributed by atoms with Gasteiger partial charge in [-0.1, -0.05) is 0 Å². The predicted octanol–water partition coefficient (Wildman–Crippen LogP) is 2.17. The first-order valence-corrected chi connectivity index (χ1v) is 9.84. The molecular formula is C20H24N4O3. The molecule has 0 saturated carbocycles. The van der Waals surface area contributed by atoms with Crippen LogP contribution in [-0.2, 0) is 4.79 Å². The smallest absolute Gasteiger partial charge is 0.270 e. The summed E-state index contributed by atoms with van der Waals surface area (Å²) in [4.78, 5) is 33.5. The Morgan fingerprint density at radius 2 is 2.11 bits per heavy atom. The Morgan fingerprint density at radius 1 is 1.30 bits per heavy atom. The summed E-state index contributed by atoms with van der Waals surface area (Å²) in [6.07, 6.45) is 6.86. The molecule has 27 heavy (non-hydrogen) atoms. The highest BCUT2D eigenvalue weighted by Gasteiger charge is 2.40. The number of piperidine rings is 3. The van der Waals surface area contributed by atoms with E-state index in [1.807, 2.05) is 0 Å². The third-order valence-electron chi connectivity index (χ3n) is 6.51. The van der Waals surface area contributed by atoms with Crippen molar-refractivity contribution in [1.82, 2.24) is 15.2 Å². The molecule has 4 saturated heterocycles. The van der Waals surface area contributed by atoms with Gasteiger partial charge in [-0.05, 0) is 51.3 Å². The molecule has 6 rings (SSSR count). The van der Waals surface area contributed by atoms with Gasteiger partial charge < -0.3 is 14.6 Å². The number of nitrogens with zero attached hydrogens (tertiary/aromatic N) is 3. The molecule has 7 nitrogen and oxygen atoms in total. The first kappa shape index (κ1) is 16.7. The van der Waals surface area contributed by atoms with Crippen LogP contribution in [0.1, 0.15) is 43.1 Å². The number of carbonyl (C=O) groups is 2. The largest absolute Gasteiger partial charge is 0.460 e. The number of carbonyl (C=O) groups excluding carboxylic acids is 2. The number of furan rings is 1. The van der Waals surface area contributed by atoms with E-state index in [0.29, 0.717) is 36.2 Å². The van der Waals surface area contributed by atoms with Gasteiger partial charge in [-0.2, -0.15) is 0 Å². The van der Waals surface area contributed by atoms with Crippen LogP contribution in [0.25, 0.3) is 11.0 Å². The van der Waals surface area contributed by atoms with Gasteiger partial charge in [0.25, 0.3) is 5.91 Å². The molecule has 0 radical (unpaired) electrons. The Morgan fingerprint density at radius 3 is 2.81 bits per heavy atom. The van der Waals surface area contributed by atoms with Crippen molar-refractivity contribution in [1.29, 1.82) is 0 Å². The first-order chi connectivity index (χ1) is 13.1. The van der Waals surface area contributed by atoms with Crippen LogP contribution in [0, 0.1) is 5.92 Å². The maximum Gasteiger partial charge on any atom is 0.270 e. The highest BCUT2D eigenvalue weighted by atomic mass is 16.3. The number of aromatic nitrogens is 1. The molecule has 1 N–H and O–H groups in total. The number of hydrogen-bond donors (Lipinski definition) is 1. The van der Waals surface area contributed by atoms with Gasteiger partial charge in [0.2, 0.25) is 5.91 Å². The lowest BCUT2D eigenvalue weighted by atomic mass is 9.79. The van der Waals surface area contributed by atoms with Gasteiger partial charge in [0.1, 0.15) is 12.0 Å². The van der Waals surface area contributed by atoms with Crippen LogP contribution in [0.2, 0.25) is 0 Å². The summed E-state index contributed by atoms with van der Waals surface area (Å²) in [6.45, 7) is 5.14. The quantitative estimate of drug-likeness (QED) is 0.898. The molecule has 6 heterocycles. The molecule has 0 aromatic carbocycles. The number of pyridine rings is 1. The third kappa shape index (κ3) is 2.72. The van der Waals surface area contributed by atoms with Crippen molar-refractivity contribution in [3.05, 3.63) is 24.2 Å². The normalized spacial score (nSPS) is 30.3. The lowest BCUT2D eigenvalue weighted by molar-refractivity contribution is -0.117. The van der Waals surface area contributed by atoms with E-state index in [-0.39, 0.29) is 17.9 Å². The molecule has 0 spiro atoms. The minimum absolute atomic E-state index is 0.0987. The van der Waals surface area contributed by atoms with Crippen molar-refractivity contribution >= 4 is 28.5 Å². The SMILES string of the molecule is CC1C(NC(=O)c2cc3c(N4CCCC4=O)coc3cn2)C2CCN1CC2. The van der Waals surface area contributed by atoms with Crippen molar-refractivity contribution in [2.75, 3.05) is 24.5 Å². The summed E-state index contributed by atoms with van der Waals surface area (Å²) < 4.78 is 5.56. The minimum Gasteiger partial charge on any atom is -0.460 e. The number of nitrogens with one attached hydrogen (secondary N) is 1. The lowest BCUT2D eigenvalue weighted by Gasteiger charge is -2.49. The molecule has 4 fully saturated rings. The summed E-state index contributed by atoms with van der Waals surface area (Å²) in [7, 11) is 0. The monoisotopic (exact) mass is 368 g/mol. The standard InChI is InChI=1S/C20H24N4O3/c1-12-19(13-4-7-23(12)8-5-13)22-20(26)15-9-14-16(11-27-17(14)10-21-15)24-6-2-3-18(24)25/h9-13,19H,2-8H2,1H3,(H,22,26). The Balaban J connectivity index is 1.41. The molecule has 7 heteroatoms. The summed E-state index contributed by atoms with van der Waals surface area (Å²) >= 11 is 0. The highest BCUT2D eigenvalue weighted by Crippen LogP contribution is 2.33. The Labute approximate surface area is 157 Å². The number of anilines is 1. The molecule has 4 aliphatic heterocycles. The van der Waals surface area contributed by atoms with Gasteiger partial charge in [-0.3, -0.25) is 14.5 Å². The number of fused-ring (bicyclic) bond motifs is 4. The molecule has 2 atom stereocenters. The Hall–Kier alpha value is -2.41. The first-order valence-electron chi connectivity index (χ1n) is 9.84. The second-order valence-electron chi connectivity index (χ2n) is 7.95. The van der Waals surface area contributed by atoms with Gasteiger partial charge >= 0.3 is 0 Å². The fourth-order valence-corrected chi connectivity index (χ4v) is 4.93. The molecular weight excluding hydrogens is 344 g/mol. The average Bonchev–Trinajstić information content (AvgIpc) is 3.29. The van der Waals surface area contributed by atoms with Crippen molar-refractivity contribution in [2.45, 2.75) is 44.7 Å². The van der Waals surface area contributed by atoms with E-state index in [1.54, 1.807) is 23.4 Å². The van der Waals surface area contributed by atoms with Gasteiger partial charge in [-0.25, -0.2) is 4.98 Å². The van der Waals surface area contributed by atoms with E-state index in [2.05, 4.69) is 22.1 Å². The van der Waals surface area contributed by atoms with Crippen LogP contribution in [0.5, 0.6) is 0 Å². The Kier molecular flexibility index (Phi) is 3.93. The number of rotatable bonds is 3. The zero-order valence-corrected chi connectivity index (χ0v) is 15.5. The number of hydrogen-bond acceptors (Lipinski definition) is 5. The molecule has 2 aromatic heterocycles. The fraction of sp³-hybridized carbons (Fsp3) is 0.550.